The van der Waals surface area contributed by atoms with E-state index in [0.717, 1.165) is 11.3 Å². The maximum absolute atomic E-state index is 11.8. The number of nitrogens with zero attached hydrogens (tertiary/aromatic N) is 2. The van der Waals surface area contributed by atoms with Gasteiger partial charge in [-0.3, -0.25) is 4.79 Å². The van der Waals surface area contributed by atoms with E-state index in [2.05, 4.69) is 16.8 Å². The highest BCUT2D eigenvalue weighted by atomic mass is 16.1. The average molecular weight is 281 g/mol. The van der Waals surface area contributed by atoms with Gasteiger partial charge in [0.1, 0.15) is 11.6 Å². The highest BCUT2D eigenvalue weighted by Crippen LogP contribution is 2.25. The first-order valence-electron chi connectivity index (χ1n) is 6.85. The van der Waals surface area contributed by atoms with Gasteiger partial charge in [-0.05, 0) is 45.1 Å². The molecule has 2 rings (SSSR count). The fourth-order valence-electron chi connectivity index (χ4n) is 2.27. The molecule has 0 aliphatic rings. The first-order valence-corrected chi connectivity index (χ1v) is 6.85. The highest BCUT2D eigenvalue weighted by Gasteiger charge is 2.12. The van der Waals surface area contributed by atoms with Crippen LogP contribution in [0.3, 0.4) is 0 Å². The highest BCUT2D eigenvalue weighted by molar-refractivity contribution is 5.70. The van der Waals surface area contributed by atoms with E-state index < -0.39 is 0 Å². The maximum atomic E-state index is 11.8. The fraction of sp³-hybridized carbons (Fsp3) is 0.294. The first-order chi connectivity index (χ1) is 9.93. The van der Waals surface area contributed by atoms with Gasteiger partial charge in [-0.15, -0.1) is 0 Å². The molecule has 1 unspecified atom stereocenters. The third-order valence-electron chi connectivity index (χ3n) is 3.76. The van der Waals surface area contributed by atoms with Crippen molar-refractivity contribution in [2.24, 2.45) is 0 Å². The molecule has 0 aliphatic carbocycles. The van der Waals surface area contributed by atoms with Gasteiger partial charge in [0, 0.05) is 17.3 Å². The quantitative estimate of drug-likeness (QED) is 0.941. The van der Waals surface area contributed by atoms with Gasteiger partial charge in [0.2, 0.25) is 0 Å². The number of rotatable bonds is 3. The van der Waals surface area contributed by atoms with Crippen LogP contribution in [-0.2, 0) is 0 Å². The first kappa shape index (κ1) is 15.0. The number of nitrogens with one attached hydrogen (secondary N) is 1. The van der Waals surface area contributed by atoms with Crippen molar-refractivity contribution in [1.82, 2.24) is 9.88 Å². The van der Waals surface area contributed by atoms with E-state index >= 15 is 0 Å². The molecule has 21 heavy (non-hydrogen) atoms. The van der Waals surface area contributed by atoms with Crippen LogP contribution in [0.4, 0.5) is 0 Å². The van der Waals surface area contributed by atoms with Crippen LogP contribution in [0, 0.1) is 18.3 Å². The third kappa shape index (κ3) is 3.04. The molecule has 0 radical (unpaired) electrons. The molecule has 0 spiro atoms. The predicted octanol–water partition coefficient (Wildman–Crippen LogP) is 2.84. The number of hydrogen-bond donors (Lipinski definition) is 1. The molecule has 2 aromatic rings. The van der Waals surface area contributed by atoms with Crippen LogP contribution in [0.1, 0.15) is 29.8 Å². The Balaban J connectivity index is 2.50. The second-order valence-electron chi connectivity index (χ2n) is 5.44. The lowest BCUT2D eigenvalue weighted by Gasteiger charge is -2.20. The number of nitriles is 1. The van der Waals surface area contributed by atoms with Crippen molar-refractivity contribution in [2.75, 3.05) is 14.1 Å². The van der Waals surface area contributed by atoms with Gasteiger partial charge in [-0.2, -0.15) is 5.26 Å². The summed E-state index contributed by atoms with van der Waals surface area (Å²) in [6, 6.07) is 12.2. The number of aryl methyl sites for hydroxylation is 1. The Kier molecular flexibility index (Phi) is 4.25. The minimum Gasteiger partial charge on any atom is -0.325 e. The smallest absolute Gasteiger partial charge is 0.266 e. The van der Waals surface area contributed by atoms with Crippen molar-refractivity contribution in [3.8, 4) is 17.2 Å². The molecule has 0 fully saturated rings. The van der Waals surface area contributed by atoms with Gasteiger partial charge in [0.05, 0.1) is 0 Å². The minimum atomic E-state index is -0.335. The molecule has 0 saturated heterocycles. The molecule has 0 amide bonds. The van der Waals surface area contributed by atoms with Crippen LogP contribution in [0.5, 0.6) is 0 Å². The molecule has 4 nitrogen and oxygen atoms in total. The molecule has 1 aromatic heterocycles. The average Bonchev–Trinajstić information content (AvgIpc) is 2.46. The van der Waals surface area contributed by atoms with E-state index in [1.165, 1.54) is 5.56 Å². The summed E-state index contributed by atoms with van der Waals surface area (Å²) in [6.07, 6.45) is 0. The Hall–Kier alpha value is -2.38. The van der Waals surface area contributed by atoms with E-state index in [9.17, 15) is 10.1 Å². The molecular weight excluding hydrogens is 262 g/mol. The van der Waals surface area contributed by atoms with Gasteiger partial charge in [-0.1, -0.05) is 24.3 Å². The van der Waals surface area contributed by atoms with E-state index in [1.54, 1.807) is 0 Å². The number of benzene rings is 1. The van der Waals surface area contributed by atoms with Crippen LogP contribution in [0.2, 0.25) is 0 Å². The third-order valence-corrected chi connectivity index (χ3v) is 3.76. The summed E-state index contributed by atoms with van der Waals surface area (Å²) in [6.45, 7) is 3.95. The fourth-order valence-corrected chi connectivity index (χ4v) is 2.27. The van der Waals surface area contributed by atoms with E-state index in [0.29, 0.717) is 11.6 Å². The molecule has 1 heterocycles. The lowest BCUT2D eigenvalue weighted by Crippen LogP contribution is -2.16. The van der Waals surface area contributed by atoms with Crippen LogP contribution in [0.25, 0.3) is 11.1 Å². The molecule has 0 saturated carbocycles. The predicted molar refractivity (Wildman–Crippen MR) is 84.1 cm³/mol. The van der Waals surface area contributed by atoms with Gasteiger partial charge in [-0.25, -0.2) is 0 Å². The topological polar surface area (TPSA) is 59.9 Å². The monoisotopic (exact) mass is 281 g/mol. The Morgan fingerprint density at radius 1 is 1.24 bits per heavy atom. The van der Waals surface area contributed by atoms with Crippen molar-refractivity contribution in [3.63, 3.8) is 0 Å². The Morgan fingerprint density at radius 2 is 1.86 bits per heavy atom. The van der Waals surface area contributed by atoms with E-state index in [4.69, 9.17) is 0 Å². The van der Waals surface area contributed by atoms with Crippen molar-refractivity contribution in [2.45, 2.75) is 19.9 Å². The summed E-state index contributed by atoms with van der Waals surface area (Å²) < 4.78 is 0. The second kappa shape index (κ2) is 5.94. The second-order valence-corrected chi connectivity index (χ2v) is 5.44. The van der Waals surface area contributed by atoms with Crippen LogP contribution in [0.15, 0.2) is 35.1 Å². The van der Waals surface area contributed by atoms with Gasteiger partial charge >= 0.3 is 0 Å². The zero-order chi connectivity index (χ0) is 15.6. The molecule has 1 aromatic carbocycles. The van der Waals surface area contributed by atoms with Crippen molar-refractivity contribution < 1.29 is 0 Å². The molecule has 0 aliphatic heterocycles. The lowest BCUT2D eigenvalue weighted by molar-refractivity contribution is 0.321. The minimum absolute atomic E-state index is 0.161. The summed E-state index contributed by atoms with van der Waals surface area (Å²) >= 11 is 0. The van der Waals surface area contributed by atoms with Gasteiger partial charge in [0.25, 0.3) is 5.56 Å². The van der Waals surface area contributed by atoms with Crippen LogP contribution >= 0.6 is 0 Å². The van der Waals surface area contributed by atoms with Gasteiger partial charge < -0.3 is 9.88 Å². The van der Waals surface area contributed by atoms with Crippen LogP contribution < -0.4 is 5.56 Å². The standard InChI is InChI=1S/C17H19N3O/c1-11-9-15(16(10-18)17(21)19-11)14-7-5-13(6-8-14)12(2)20(3)4/h5-9,12H,1-4H3,(H,19,21). The maximum Gasteiger partial charge on any atom is 0.266 e. The number of H-pyrrole nitrogens is 1. The number of aromatic amines is 1. The lowest BCUT2D eigenvalue weighted by atomic mass is 9.98. The van der Waals surface area contributed by atoms with Crippen LogP contribution in [-0.4, -0.2) is 24.0 Å². The van der Waals surface area contributed by atoms with E-state index in [-0.39, 0.29) is 11.1 Å². The normalized spacial score (nSPS) is 12.2. The molecular formula is C17H19N3O. The Bertz CT molecular complexity index is 736. The van der Waals surface area contributed by atoms with E-state index in [1.807, 2.05) is 57.4 Å². The molecule has 0 bridgehead atoms. The molecule has 4 heteroatoms. The number of hydrogen-bond acceptors (Lipinski definition) is 3. The zero-order valence-corrected chi connectivity index (χ0v) is 12.8. The molecule has 108 valence electrons. The summed E-state index contributed by atoms with van der Waals surface area (Å²) in [5, 5.41) is 9.19. The summed E-state index contributed by atoms with van der Waals surface area (Å²) in [4.78, 5) is 16.6. The summed E-state index contributed by atoms with van der Waals surface area (Å²) in [5.74, 6) is 0. The molecule has 1 N–H and O–H groups in total. The zero-order valence-electron chi connectivity index (χ0n) is 12.8. The SMILES string of the molecule is Cc1cc(-c2ccc(C(C)N(C)C)cc2)c(C#N)c(=O)[nH]1. The summed E-state index contributed by atoms with van der Waals surface area (Å²) in [7, 11) is 4.07. The van der Waals surface area contributed by atoms with Crippen molar-refractivity contribution in [1.29, 1.82) is 5.26 Å². The number of aromatic nitrogens is 1. The largest absolute Gasteiger partial charge is 0.325 e. The summed E-state index contributed by atoms with van der Waals surface area (Å²) in [5.41, 5.74) is 3.34. The Labute approximate surface area is 124 Å². The van der Waals surface area contributed by atoms with Gasteiger partial charge in [0.15, 0.2) is 0 Å². The van der Waals surface area contributed by atoms with Crippen molar-refractivity contribution in [3.05, 3.63) is 57.5 Å². The molecule has 1 atom stereocenters. The van der Waals surface area contributed by atoms with Crippen molar-refractivity contribution >= 4 is 0 Å². The Morgan fingerprint density at radius 3 is 2.38 bits per heavy atom. The number of pyridine rings is 1.